The molecule has 26 heavy (non-hydrogen) atoms. The van der Waals surface area contributed by atoms with Crippen LogP contribution in [0.4, 0.5) is 0 Å². The standard InChI is InChI=1S/C24H29BrO/c1-2-3-17-26-18-16-19-4-6-20(7-5-19)21-8-10-22(11-9-21)23-12-14-24(25)15-13-23/h4-8,12-15,22H,2-3,9-11,16-18H2,1H3. The molecule has 1 aliphatic rings. The average Bonchev–Trinajstić information content (AvgIpc) is 2.69. The van der Waals surface area contributed by atoms with Crippen molar-refractivity contribution in [3.63, 3.8) is 0 Å². The Bertz CT molecular complexity index is 700. The van der Waals surface area contributed by atoms with Gasteiger partial charge in [-0.3, -0.25) is 0 Å². The molecule has 3 rings (SSSR count). The molecule has 0 fully saturated rings. The van der Waals surface area contributed by atoms with E-state index in [9.17, 15) is 0 Å². The third-order valence-corrected chi connectivity index (χ3v) is 5.78. The number of benzene rings is 2. The molecule has 0 bridgehead atoms. The molecule has 0 N–H and O–H groups in total. The SMILES string of the molecule is CCCCOCCc1ccc(C2=CCC(c3ccc(Br)cc3)CC2)cc1. The summed E-state index contributed by atoms with van der Waals surface area (Å²) in [5, 5.41) is 0. The average molecular weight is 413 g/mol. The van der Waals surface area contributed by atoms with Crippen LogP contribution in [0.1, 0.15) is 61.6 Å². The van der Waals surface area contributed by atoms with Gasteiger partial charge in [0, 0.05) is 11.1 Å². The Morgan fingerprint density at radius 1 is 1.00 bits per heavy atom. The zero-order valence-corrected chi connectivity index (χ0v) is 17.3. The van der Waals surface area contributed by atoms with Gasteiger partial charge in [0.2, 0.25) is 0 Å². The van der Waals surface area contributed by atoms with Gasteiger partial charge in [0.1, 0.15) is 0 Å². The lowest BCUT2D eigenvalue weighted by Gasteiger charge is -2.22. The molecule has 2 heteroatoms. The first-order valence-electron chi connectivity index (χ1n) is 9.88. The third-order valence-electron chi connectivity index (χ3n) is 5.25. The van der Waals surface area contributed by atoms with Crippen LogP contribution in [0.2, 0.25) is 0 Å². The summed E-state index contributed by atoms with van der Waals surface area (Å²) in [6.07, 6.45) is 9.36. The molecule has 0 aliphatic heterocycles. The molecule has 0 saturated heterocycles. The number of hydrogen-bond donors (Lipinski definition) is 0. The molecule has 1 unspecified atom stereocenters. The second kappa shape index (κ2) is 10.1. The summed E-state index contributed by atoms with van der Waals surface area (Å²) in [7, 11) is 0. The fourth-order valence-electron chi connectivity index (χ4n) is 3.56. The van der Waals surface area contributed by atoms with Gasteiger partial charge in [0.05, 0.1) is 6.61 Å². The van der Waals surface area contributed by atoms with E-state index in [0.29, 0.717) is 5.92 Å². The summed E-state index contributed by atoms with van der Waals surface area (Å²) < 4.78 is 6.83. The van der Waals surface area contributed by atoms with Crippen molar-refractivity contribution in [1.29, 1.82) is 0 Å². The molecular formula is C24H29BrO. The van der Waals surface area contributed by atoms with Gasteiger partial charge in [-0.05, 0) is 72.4 Å². The highest BCUT2D eigenvalue weighted by atomic mass is 79.9. The van der Waals surface area contributed by atoms with Crippen molar-refractivity contribution in [2.24, 2.45) is 0 Å². The fraction of sp³-hybridized carbons (Fsp3) is 0.417. The number of hydrogen-bond acceptors (Lipinski definition) is 1. The molecule has 2 aromatic rings. The van der Waals surface area contributed by atoms with Crippen molar-refractivity contribution < 1.29 is 4.74 Å². The largest absolute Gasteiger partial charge is 0.381 e. The van der Waals surface area contributed by atoms with E-state index in [2.05, 4.69) is 77.5 Å². The van der Waals surface area contributed by atoms with Crippen LogP contribution in [0.5, 0.6) is 0 Å². The molecule has 0 amide bonds. The van der Waals surface area contributed by atoms with Crippen LogP contribution in [0, 0.1) is 0 Å². The van der Waals surface area contributed by atoms with Gasteiger partial charge in [-0.2, -0.15) is 0 Å². The van der Waals surface area contributed by atoms with E-state index >= 15 is 0 Å². The van der Waals surface area contributed by atoms with Crippen molar-refractivity contribution in [3.05, 3.63) is 75.8 Å². The van der Waals surface area contributed by atoms with Crippen LogP contribution in [-0.4, -0.2) is 13.2 Å². The molecule has 0 heterocycles. The Morgan fingerprint density at radius 2 is 1.77 bits per heavy atom. The van der Waals surface area contributed by atoms with E-state index < -0.39 is 0 Å². The Labute approximate surface area is 166 Å². The van der Waals surface area contributed by atoms with E-state index in [1.807, 2.05) is 0 Å². The number of allylic oxidation sites excluding steroid dienone is 2. The maximum absolute atomic E-state index is 5.67. The molecular weight excluding hydrogens is 384 g/mol. The van der Waals surface area contributed by atoms with Crippen LogP contribution >= 0.6 is 15.9 Å². The summed E-state index contributed by atoms with van der Waals surface area (Å²) in [4.78, 5) is 0. The van der Waals surface area contributed by atoms with Crippen LogP contribution in [0.3, 0.4) is 0 Å². The maximum Gasteiger partial charge on any atom is 0.0506 e. The maximum atomic E-state index is 5.67. The fourth-order valence-corrected chi connectivity index (χ4v) is 3.82. The van der Waals surface area contributed by atoms with Gasteiger partial charge in [-0.25, -0.2) is 0 Å². The second-order valence-electron chi connectivity index (χ2n) is 7.17. The monoisotopic (exact) mass is 412 g/mol. The summed E-state index contributed by atoms with van der Waals surface area (Å²) >= 11 is 3.52. The highest BCUT2D eigenvalue weighted by Gasteiger charge is 2.17. The molecule has 0 spiro atoms. The summed E-state index contributed by atoms with van der Waals surface area (Å²) in [6.45, 7) is 3.92. The van der Waals surface area contributed by atoms with Crippen molar-refractivity contribution in [3.8, 4) is 0 Å². The molecule has 0 saturated carbocycles. The highest BCUT2D eigenvalue weighted by Crippen LogP contribution is 2.36. The minimum atomic E-state index is 0.659. The molecule has 138 valence electrons. The van der Waals surface area contributed by atoms with Gasteiger partial charge in [0.15, 0.2) is 0 Å². The van der Waals surface area contributed by atoms with Crippen LogP contribution in [0.25, 0.3) is 5.57 Å². The molecule has 1 aliphatic carbocycles. The summed E-state index contributed by atoms with van der Waals surface area (Å²) in [5.41, 5.74) is 5.72. The normalized spacial score (nSPS) is 17.2. The number of halogens is 1. The van der Waals surface area contributed by atoms with Crippen molar-refractivity contribution >= 4 is 21.5 Å². The Balaban J connectivity index is 1.52. The molecule has 1 atom stereocenters. The number of unbranched alkanes of at least 4 members (excludes halogenated alkanes) is 1. The first-order chi connectivity index (χ1) is 12.8. The van der Waals surface area contributed by atoms with Crippen LogP contribution in [0.15, 0.2) is 59.1 Å². The van der Waals surface area contributed by atoms with Crippen LogP contribution in [-0.2, 0) is 11.2 Å². The molecule has 1 nitrogen and oxygen atoms in total. The van der Waals surface area contributed by atoms with Gasteiger partial charge in [0.25, 0.3) is 0 Å². The van der Waals surface area contributed by atoms with Crippen LogP contribution < -0.4 is 0 Å². The zero-order valence-electron chi connectivity index (χ0n) is 15.7. The summed E-state index contributed by atoms with van der Waals surface area (Å²) in [6, 6.07) is 17.9. The van der Waals surface area contributed by atoms with E-state index in [4.69, 9.17) is 4.74 Å². The first-order valence-corrected chi connectivity index (χ1v) is 10.7. The zero-order chi connectivity index (χ0) is 18.2. The topological polar surface area (TPSA) is 9.23 Å². The first kappa shape index (κ1) is 19.4. The number of ether oxygens (including phenoxy) is 1. The molecule has 0 radical (unpaired) electrons. The molecule has 0 aromatic heterocycles. The smallest absolute Gasteiger partial charge is 0.0506 e. The predicted octanol–water partition coefficient (Wildman–Crippen LogP) is 7.16. The lowest BCUT2D eigenvalue weighted by atomic mass is 9.82. The highest BCUT2D eigenvalue weighted by molar-refractivity contribution is 9.10. The summed E-state index contributed by atoms with van der Waals surface area (Å²) in [5.74, 6) is 0.659. The van der Waals surface area contributed by atoms with Crippen molar-refractivity contribution in [2.45, 2.75) is 51.4 Å². The number of rotatable bonds is 8. The van der Waals surface area contributed by atoms with E-state index in [0.717, 1.165) is 36.9 Å². The Kier molecular flexibility index (Phi) is 7.52. The Morgan fingerprint density at radius 3 is 2.42 bits per heavy atom. The quantitative estimate of drug-likeness (QED) is 0.417. The van der Waals surface area contributed by atoms with Gasteiger partial charge >= 0.3 is 0 Å². The van der Waals surface area contributed by atoms with Gasteiger partial charge in [-0.1, -0.05) is 71.7 Å². The van der Waals surface area contributed by atoms with Crippen molar-refractivity contribution in [1.82, 2.24) is 0 Å². The van der Waals surface area contributed by atoms with Crippen molar-refractivity contribution in [2.75, 3.05) is 13.2 Å². The minimum Gasteiger partial charge on any atom is -0.381 e. The third kappa shape index (κ3) is 5.56. The second-order valence-corrected chi connectivity index (χ2v) is 8.08. The van der Waals surface area contributed by atoms with E-state index in [-0.39, 0.29) is 0 Å². The Hall–Kier alpha value is -1.38. The minimum absolute atomic E-state index is 0.659. The predicted molar refractivity (Wildman–Crippen MR) is 115 cm³/mol. The lowest BCUT2D eigenvalue weighted by Crippen LogP contribution is -2.04. The van der Waals surface area contributed by atoms with Gasteiger partial charge in [-0.15, -0.1) is 0 Å². The van der Waals surface area contributed by atoms with Gasteiger partial charge < -0.3 is 4.74 Å². The molecule has 2 aromatic carbocycles. The lowest BCUT2D eigenvalue weighted by molar-refractivity contribution is 0.134. The van der Waals surface area contributed by atoms with E-state index in [1.165, 1.54) is 41.5 Å². The van der Waals surface area contributed by atoms with E-state index in [1.54, 1.807) is 0 Å².